The quantitative estimate of drug-likeness (QED) is 0.420. The summed E-state index contributed by atoms with van der Waals surface area (Å²) in [5.41, 5.74) is -2.58. The number of ether oxygens (including phenoxy) is 1. The lowest BCUT2D eigenvalue weighted by Gasteiger charge is -2.48. The molecule has 0 aliphatic heterocycles. The molecule has 1 spiro atoms. The Labute approximate surface area is 218 Å². The van der Waals surface area contributed by atoms with Crippen molar-refractivity contribution in [3.63, 3.8) is 0 Å². The number of hydrogen-bond acceptors (Lipinski definition) is 7. The van der Waals surface area contributed by atoms with Crippen molar-refractivity contribution in [2.75, 3.05) is 6.61 Å². The first-order valence-electron chi connectivity index (χ1n) is 13.3. The van der Waals surface area contributed by atoms with E-state index in [2.05, 4.69) is 18.9 Å². The Morgan fingerprint density at radius 3 is 2.51 bits per heavy atom. The fourth-order valence-electron chi connectivity index (χ4n) is 7.92. The van der Waals surface area contributed by atoms with E-state index in [4.69, 9.17) is 4.74 Å². The number of esters is 1. The molecule has 0 amide bonds. The maximum Gasteiger partial charge on any atom is 0.357 e. The summed E-state index contributed by atoms with van der Waals surface area (Å²) in [5.74, 6) is -1.37. The van der Waals surface area contributed by atoms with Gasteiger partial charge in [-0.1, -0.05) is 32.9 Å². The number of aromatic nitrogens is 2. The number of aliphatic hydroxyl groups is 3. The molecule has 4 aliphatic rings. The number of carbonyl (C=O) groups excluding carboxylic acids is 2. The molecule has 0 aromatic carbocycles. The number of ketones is 1. The first kappa shape index (κ1) is 26.3. The molecule has 5 rings (SSSR count). The molecule has 1 aromatic heterocycles. The average Bonchev–Trinajstić information content (AvgIpc) is 3.07. The van der Waals surface area contributed by atoms with Gasteiger partial charge in [0, 0.05) is 5.92 Å². The van der Waals surface area contributed by atoms with Crippen LogP contribution in [0.3, 0.4) is 0 Å². The number of fused-ring (bicyclic) bond motifs is 3. The van der Waals surface area contributed by atoms with Crippen molar-refractivity contribution >= 4 is 11.8 Å². The van der Waals surface area contributed by atoms with Crippen molar-refractivity contribution in [3.8, 4) is 0 Å². The second-order valence-electron chi connectivity index (χ2n) is 13.4. The lowest BCUT2D eigenvalue weighted by Crippen LogP contribution is -2.65. The Kier molecular flexibility index (Phi) is 5.60. The van der Waals surface area contributed by atoms with E-state index in [0.29, 0.717) is 17.7 Å². The van der Waals surface area contributed by atoms with Gasteiger partial charge >= 0.3 is 5.97 Å². The molecule has 3 N–H and O–H groups in total. The van der Waals surface area contributed by atoms with Gasteiger partial charge in [-0.2, -0.15) is 5.10 Å². The molecular weight excluding hydrogens is 472 g/mol. The van der Waals surface area contributed by atoms with Crippen molar-refractivity contribution in [3.05, 3.63) is 40.8 Å². The predicted molar refractivity (Wildman–Crippen MR) is 137 cm³/mol. The monoisotopic (exact) mass is 512 g/mol. The summed E-state index contributed by atoms with van der Waals surface area (Å²) in [6, 6.07) is 1.63. The molecular formula is C29H40N2O6. The Morgan fingerprint density at radius 1 is 1.27 bits per heavy atom. The highest BCUT2D eigenvalue weighted by Crippen LogP contribution is 2.71. The van der Waals surface area contributed by atoms with Crippen LogP contribution < -0.4 is 0 Å². The van der Waals surface area contributed by atoms with Gasteiger partial charge in [0.25, 0.3) is 0 Å². The smallest absolute Gasteiger partial charge is 0.357 e. The molecule has 1 aromatic rings. The Balaban J connectivity index is 1.63. The molecule has 2 bridgehead atoms. The maximum atomic E-state index is 14.4. The van der Waals surface area contributed by atoms with Crippen LogP contribution >= 0.6 is 0 Å². The molecule has 8 heteroatoms. The summed E-state index contributed by atoms with van der Waals surface area (Å²) in [5, 5.41) is 38.9. The van der Waals surface area contributed by atoms with Crippen LogP contribution in [0.25, 0.3) is 0 Å². The number of nitrogens with zero attached hydrogens (tertiary/aromatic N) is 2. The second-order valence-corrected chi connectivity index (χ2v) is 13.4. The van der Waals surface area contributed by atoms with Gasteiger partial charge in [-0.25, -0.2) is 4.79 Å². The zero-order valence-corrected chi connectivity index (χ0v) is 23.1. The summed E-state index contributed by atoms with van der Waals surface area (Å²) < 4.78 is 7.60. The van der Waals surface area contributed by atoms with Crippen molar-refractivity contribution in [1.29, 1.82) is 0 Å². The van der Waals surface area contributed by atoms with E-state index in [1.165, 1.54) is 0 Å². The molecule has 37 heavy (non-hydrogen) atoms. The minimum Gasteiger partial charge on any atom is -0.450 e. The van der Waals surface area contributed by atoms with Crippen LogP contribution in [0, 0.1) is 41.4 Å². The summed E-state index contributed by atoms with van der Waals surface area (Å²) in [6.07, 6.45) is 1.26. The van der Waals surface area contributed by atoms with Gasteiger partial charge in [0.1, 0.15) is 11.8 Å². The zero-order chi connectivity index (χ0) is 27.5. The molecule has 2 unspecified atom stereocenters. The molecule has 0 saturated heterocycles. The number of allylic oxidation sites excluding steroid dienone is 1. The predicted octanol–water partition coefficient (Wildman–Crippen LogP) is 2.94. The first-order valence-corrected chi connectivity index (χ1v) is 13.3. The van der Waals surface area contributed by atoms with E-state index >= 15 is 0 Å². The standard InChI is InChI=1S/C29H40N2O6/c1-14-12-28-15(2)9-19-21(27(19,7)8)18(23(28)34)11-17(13-32)22(33)29(28,36)24(14)37-25(35)20-10-16(3)30-31(20)26(4,5)6/h10-12,15,18-19,21-22,24,32-33,36H,9,13H2,1-8H3/t15?,18-,19+,21-,22+,24-,28?,29-/m0/s1. The van der Waals surface area contributed by atoms with Crippen molar-refractivity contribution < 1.29 is 29.6 Å². The van der Waals surface area contributed by atoms with Crippen LogP contribution in [0.2, 0.25) is 0 Å². The largest absolute Gasteiger partial charge is 0.450 e. The molecule has 8 nitrogen and oxygen atoms in total. The third kappa shape index (κ3) is 3.28. The Bertz CT molecular complexity index is 1240. The fraction of sp³-hybridized carbons (Fsp3) is 0.690. The highest BCUT2D eigenvalue weighted by atomic mass is 16.6. The zero-order valence-electron chi connectivity index (χ0n) is 23.1. The molecule has 202 valence electrons. The van der Waals surface area contributed by atoms with Crippen molar-refractivity contribution in [2.24, 2.45) is 34.5 Å². The van der Waals surface area contributed by atoms with Crippen LogP contribution in [0.5, 0.6) is 0 Å². The van der Waals surface area contributed by atoms with Gasteiger partial charge < -0.3 is 20.1 Å². The first-order chi connectivity index (χ1) is 17.0. The number of rotatable bonds is 3. The van der Waals surface area contributed by atoms with E-state index in [9.17, 15) is 24.9 Å². The normalized spacial score (nSPS) is 40.1. The van der Waals surface area contributed by atoms with Gasteiger partial charge in [-0.3, -0.25) is 9.48 Å². The van der Waals surface area contributed by atoms with Gasteiger partial charge in [0.2, 0.25) is 0 Å². The summed E-state index contributed by atoms with van der Waals surface area (Å²) in [4.78, 5) is 28.0. The lowest BCUT2D eigenvalue weighted by atomic mass is 9.59. The van der Waals surface area contributed by atoms with Gasteiger partial charge in [-0.15, -0.1) is 0 Å². The lowest BCUT2D eigenvalue weighted by molar-refractivity contribution is -0.190. The maximum absolute atomic E-state index is 14.4. The van der Waals surface area contributed by atoms with E-state index in [1.54, 1.807) is 36.7 Å². The highest BCUT2D eigenvalue weighted by Gasteiger charge is 2.76. The molecule has 0 radical (unpaired) electrons. The topological polar surface area (TPSA) is 122 Å². The van der Waals surface area contributed by atoms with Gasteiger partial charge in [0.15, 0.2) is 17.5 Å². The number of hydrogen-bond donors (Lipinski definition) is 3. The average molecular weight is 513 g/mol. The Hall–Kier alpha value is -2.29. The molecule has 4 aliphatic carbocycles. The minimum absolute atomic E-state index is 0.0485. The number of aliphatic hydroxyl groups excluding tert-OH is 2. The molecule has 8 atom stereocenters. The molecule has 1 heterocycles. The van der Waals surface area contributed by atoms with Crippen LogP contribution in [0.15, 0.2) is 29.4 Å². The van der Waals surface area contributed by atoms with Gasteiger partial charge in [-0.05, 0) is 81.4 Å². The summed E-state index contributed by atoms with van der Waals surface area (Å²) >= 11 is 0. The fourth-order valence-corrected chi connectivity index (χ4v) is 7.92. The van der Waals surface area contributed by atoms with Crippen molar-refractivity contribution in [1.82, 2.24) is 9.78 Å². The van der Waals surface area contributed by atoms with Crippen LogP contribution in [0.4, 0.5) is 0 Å². The Morgan fingerprint density at radius 2 is 1.92 bits per heavy atom. The molecule has 2 saturated carbocycles. The van der Waals surface area contributed by atoms with Crippen molar-refractivity contribution in [2.45, 2.75) is 85.2 Å². The third-order valence-electron chi connectivity index (χ3n) is 9.80. The van der Waals surface area contributed by atoms with E-state index < -0.39 is 47.3 Å². The van der Waals surface area contributed by atoms with Gasteiger partial charge in [0.05, 0.1) is 23.3 Å². The second kappa shape index (κ2) is 7.87. The van der Waals surface area contributed by atoms with Crippen LogP contribution in [-0.2, 0) is 15.1 Å². The van der Waals surface area contributed by atoms with E-state index in [-0.39, 0.29) is 40.2 Å². The third-order valence-corrected chi connectivity index (χ3v) is 9.80. The number of aryl methyl sites for hydroxylation is 1. The highest BCUT2D eigenvalue weighted by molar-refractivity contribution is 5.96. The van der Waals surface area contributed by atoms with Crippen LogP contribution in [-0.4, -0.2) is 61.3 Å². The number of Topliss-reactive ketones (excluding diaryl/α,β-unsaturated/α-hetero) is 1. The van der Waals surface area contributed by atoms with Crippen LogP contribution in [0.1, 0.15) is 71.1 Å². The van der Waals surface area contributed by atoms with E-state index in [1.807, 2.05) is 27.7 Å². The van der Waals surface area contributed by atoms with E-state index in [0.717, 1.165) is 0 Å². The minimum atomic E-state index is -2.16. The SMILES string of the molecule is CC1=CC23C(=O)[C@@H](C=C(CO)[C@@H](O)[C@]2(O)[C@H]1OC(=O)c1cc(C)nn1C(C)(C)C)[C@H]1[C@@H](CC3C)C1(C)C. The summed E-state index contributed by atoms with van der Waals surface area (Å²) in [6.45, 7) is 15.0. The molecule has 2 fully saturated rings. The number of carbonyl (C=O) groups is 2. The summed E-state index contributed by atoms with van der Waals surface area (Å²) in [7, 11) is 0.